The molecule has 0 fully saturated rings. The van der Waals surface area contributed by atoms with Crippen molar-refractivity contribution in [2.75, 3.05) is 13.2 Å². The Morgan fingerprint density at radius 1 is 0.673 bits per heavy atom. The van der Waals surface area contributed by atoms with E-state index in [0.29, 0.717) is 0 Å². The number of nitrogens with zero attached hydrogens (tertiary/aromatic N) is 4. The molecule has 4 aromatic rings. The first-order chi connectivity index (χ1) is 25.6. The molecule has 11 nitrogen and oxygen atoms in total. The van der Waals surface area contributed by atoms with Gasteiger partial charge in [0.25, 0.3) is 0 Å². The highest BCUT2D eigenvalue weighted by Crippen LogP contribution is 2.54. The monoisotopic (exact) mass is 818 g/mol. The van der Waals surface area contributed by atoms with Crippen molar-refractivity contribution in [2.45, 2.75) is 26.2 Å². The molecular weight excluding hydrogens is 799 g/mol. The van der Waals surface area contributed by atoms with Crippen LogP contribution in [-0.4, -0.2) is 23.1 Å². The molecule has 0 aliphatic heterocycles. The van der Waals surface area contributed by atoms with Crippen LogP contribution in [-0.2, 0) is 12.4 Å². The van der Waals surface area contributed by atoms with Gasteiger partial charge in [0, 0.05) is 23.3 Å². The van der Waals surface area contributed by atoms with Crippen molar-refractivity contribution >= 4 is 34.6 Å². The van der Waals surface area contributed by atoms with Crippen molar-refractivity contribution in [2.24, 2.45) is 11.8 Å². The van der Waals surface area contributed by atoms with Crippen molar-refractivity contribution in [3.63, 3.8) is 0 Å². The lowest BCUT2D eigenvalue weighted by Crippen LogP contribution is -2.11. The Morgan fingerprint density at radius 3 is 1.29 bits per heavy atom. The first-order valence-electron chi connectivity index (χ1n) is 15.1. The summed E-state index contributed by atoms with van der Waals surface area (Å²) < 4.78 is 130. The van der Waals surface area contributed by atoms with E-state index in [1.54, 1.807) is 12.1 Å². The smallest absolute Gasteiger partial charge is 0.416 e. The summed E-state index contributed by atoms with van der Waals surface area (Å²) in [5.74, 6) is -8.75. The van der Waals surface area contributed by atoms with Crippen LogP contribution in [0.1, 0.15) is 25.0 Å². The summed E-state index contributed by atoms with van der Waals surface area (Å²) in [5, 5.41) is 40.9. The fraction of sp³-hybridized carbons (Fsp3) is 0.235. The molecule has 0 amide bonds. The maximum Gasteiger partial charge on any atom is 0.416 e. The lowest BCUT2D eigenvalue weighted by atomic mass is 9.98. The van der Waals surface area contributed by atoms with Gasteiger partial charge in [-0.3, -0.25) is 20.2 Å². The molecule has 0 saturated carbocycles. The molecule has 0 saturated heterocycles. The summed E-state index contributed by atoms with van der Waals surface area (Å²) in [6.07, 6.45) is -10.3. The third-order valence-electron chi connectivity index (χ3n) is 7.45. The molecule has 0 aromatic heterocycles. The van der Waals surface area contributed by atoms with Crippen LogP contribution < -0.4 is 14.2 Å². The van der Waals surface area contributed by atoms with Crippen molar-refractivity contribution in [3.05, 3.63) is 102 Å². The molecule has 21 heteroatoms. The van der Waals surface area contributed by atoms with Crippen LogP contribution >= 0.6 is 23.2 Å². The highest BCUT2D eigenvalue weighted by atomic mass is 35.5. The van der Waals surface area contributed by atoms with E-state index in [2.05, 4.69) is 0 Å². The molecule has 2 atom stereocenters. The summed E-state index contributed by atoms with van der Waals surface area (Å²) in [6, 6.07) is 7.12. The fourth-order valence-corrected chi connectivity index (χ4v) is 5.50. The first-order valence-corrected chi connectivity index (χ1v) is 15.8. The largest absolute Gasteiger partial charge is 0.485 e. The Balaban J connectivity index is 2.17. The normalized spacial score (nSPS) is 12.6. The minimum absolute atomic E-state index is 0.00246. The van der Waals surface area contributed by atoms with Crippen molar-refractivity contribution in [1.29, 1.82) is 10.5 Å². The van der Waals surface area contributed by atoms with Crippen LogP contribution in [0.2, 0.25) is 10.0 Å². The second-order valence-corrected chi connectivity index (χ2v) is 12.3. The predicted octanol–water partition coefficient (Wildman–Crippen LogP) is 11.3. The number of nitro groups is 2. The molecule has 0 radical (unpaired) electrons. The molecule has 0 aliphatic rings. The number of hydrogen-bond acceptors (Lipinski definition) is 9. The molecule has 4 rings (SSSR count). The summed E-state index contributed by atoms with van der Waals surface area (Å²) in [5.41, 5.74) is -8.70. The van der Waals surface area contributed by atoms with Crippen LogP contribution in [0.15, 0.2) is 48.5 Å². The number of alkyl halides is 6. The maximum absolute atomic E-state index is 15.8. The van der Waals surface area contributed by atoms with E-state index in [9.17, 15) is 57.1 Å². The average Bonchev–Trinajstić information content (AvgIpc) is 3.08. The number of benzene rings is 4. The van der Waals surface area contributed by atoms with E-state index >= 15 is 8.78 Å². The van der Waals surface area contributed by atoms with Crippen LogP contribution in [0, 0.1) is 66.4 Å². The highest BCUT2D eigenvalue weighted by Gasteiger charge is 2.37. The van der Waals surface area contributed by atoms with Gasteiger partial charge in [-0.05, 0) is 50.2 Å². The predicted molar refractivity (Wildman–Crippen MR) is 178 cm³/mol. The van der Waals surface area contributed by atoms with E-state index in [4.69, 9.17) is 37.4 Å². The van der Waals surface area contributed by atoms with E-state index < -0.39 is 137 Å². The molecule has 0 aliphatic carbocycles. The van der Waals surface area contributed by atoms with Gasteiger partial charge >= 0.3 is 23.7 Å². The van der Waals surface area contributed by atoms with Gasteiger partial charge in [-0.1, -0.05) is 23.2 Å². The number of nitriles is 2. The molecule has 0 heterocycles. The molecule has 0 bridgehead atoms. The number of halogens is 10. The van der Waals surface area contributed by atoms with Gasteiger partial charge in [0.05, 0.1) is 66.1 Å². The number of rotatable bonds is 12. The van der Waals surface area contributed by atoms with Crippen molar-refractivity contribution < 1.29 is 59.2 Å². The second kappa shape index (κ2) is 16.2. The first kappa shape index (κ1) is 41.8. The van der Waals surface area contributed by atoms with Gasteiger partial charge in [-0.25, -0.2) is 8.78 Å². The van der Waals surface area contributed by atoms with Gasteiger partial charge in [-0.2, -0.15) is 36.9 Å². The zero-order valence-electron chi connectivity index (χ0n) is 27.6. The van der Waals surface area contributed by atoms with Crippen molar-refractivity contribution in [3.8, 4) is 57.4 Å². The minimum Gasteiger partial charge on any atom is -0.485 e. The Bertz CT molecular complexity index is 2070. The summed E-state index contributed by atoms with van der Waals surface area (Å²) >= 11 is 12.4. The van der Waals surface area contributed by atoms with Crippen LogP contribution in [0.4, 0.5) is 46.5 Å². The molecule has 2 unspecified atom stereocenters. The fourth-order valence-electron chi connectivity index (χ4n) is 4.89. The summed E-state index contributed by atoms with van der Waals surface area (Å²) in [4.78, 5) is 22.2. The highest BCUT2D eigenvalue weighted by molar-refractivity contribution is 6.34. The van der Waals surface area contributed by atoms with Gasteiger partial charge in [0.1, 0.15) is 36.3 Å². The standard InChI is InChI=1S/C34H20Cl2F8N4O7/c1-15(11-45)13-53-31-23(47(49)50)3-5-25(29(31)27-19(35)7-17(9-21(27)37)33(39,40)41)55-26-6-4-24(48(51)52)32(54-14-16(2)12-46)30(26)28-20(36)8-18(10-22(28)38)34(42,43)44/h3-10,15-16H,13-14H2,1-2H3. The summed E-state index contributed by atoms with van der Waals surface area (Å²) in [7, 11) is 0. The molecule has 55 heavy (non-hydrogen) atoms. The number of hydrogen-bond donors (Lipinski definition) is 0. The number of nitro benzene ring substituents is 2. The quantitative estimate of drug-likeness (QED) is 0.0769. The topological polar surface area (TPSA) is 162 Å². The number of ether oxygens (including phenoxy) is 3. The van der Waals surface area contributed by atoms with Gasteiger partial charge < -0.3 is 14.2 Å². The Labute approximate surface area is 314 Å². The molecule has 0 spiro atoms. The molecule has 0 N–H and O–H groups in total. The van der Waals surface area contributed by atoms with E-state index in [-0.39, 0.29) is 24.3 Å². The zero-order chi connectivity index (χ0) is 41.2. The third kappa shape index (κ3) is 9.07. The average molecular weight is 819 g/mol. The van der Waals surface area contributed by atoms with Gasteiger partial charge in [0.15, 0.2) is 0 Å². The Kier molecular flexibility index (Phi) is 12.3. The van der Waals surface area contributed by atoms with Crippen LogP contribution in [0.5, 0.6) is 23.0 Å². The lowest BCUT2D eigenvalue weighted by Gasteiger charge is -2.22. The van der Waals surface area contributed by atoms with Crippen LogP contribution in [0.25, 0.3) is 22.3 Å². The molecule has 4 aromatic carbocycles. The zero-order valence-corrected chi connectivity index (χ0v) is 29.1. The van der Waals surface area contributed by atoms with E-state index in [1.165, 1.54) is 13.8 Å². The lowest BCUT2D eigenvalue weighted by molar-refractivity contribution is -0.386. The Hall–Kier alpha value is -5.92. The Morgan fingerprint density at radius 2 is 1.02 bits per heavy atom. The SMILES string of the molecule is CC(C#N)COc1c([N+](=O)[O-])ccc(Oc2ccc([N+](=O)[O-])c(OCC(C)C#N)c2-c2c(F)cc(C(F)(F)F)cc2Cl)c1-c1c(F)cc(C(F)(F)F)cc1Cl. The van der Waals surface area contributed by atoms with Crippen LogP contribution in [0.3, 0.4) is 0 Å². The third-order valence-corrected chi connectivity index (χ3v) is 8.04. The molecule has 288 valence electrons. The van der Waals surface area contributed by atoms with Crippen molar-refractivity contribution in [1.82, 2.24) is 0 Å². The molecular formula is C34H20Cl2F8N4O7. The van der Waals surface area contributed by atoms with E-state index in [1.807, 2.05) is 0 Å². The second-order valence-electron chi connectivity index (χ2n) is 11.5. The minimum atomic E-state index is -5.13. The van der Waals surface area contributed by atoms with Gasteiger partial charge in [0.2, 0.25) is 11.5 Å². The maximum atomic E-state index is 15.8. The van der Waals surface area contributed by atoms with E-state index in [0.717, 1.165) is 24.3 Å². The van der Waals surface area contributed by atoms with Gasteiger partial charge in [-0.15, -0.1) is 0 Å². The summed E-state index contributed by atoms with van der Waals surface area (Å²) in [6.45, 7) is 1.38.